The zero-order chi connectivity index (χ0) is 26.5. The van der Waals surface area contributed by atoms with E-state index in [9.17, 15) is 24.1 Å². The topological polar surface area (TPSA) is 123 Å². The van der Waals surface area contributed by atoms with Crippen LogP contribution in [0.15, 0.2) is 72.8 Å². The third-order valence-electron chi connectivity index (χ3n) is 5.37. The van der Waals surface area contributed by atoms with Gasteiger partial charge in [-0.3, -0.25) is 10.1 Å². The number of halogens is 1. The summed E-state index contributed by atoms with van der Waals surface area (Å²) in [6.07, 6.45) is 0. The van der Waals surface area contributed by atoms with E-state index >= 15 is 0 Å². The summed E-state index contributed by atoms with van der Waals surface area (Å²) in [5.41, 5.74) is 0.0552. The Balaban J connectivity index is 1.95. The van der Waals surface area contributed by atoms with Crippen LogP contribution in [0, 0.1) is 15.9 Å². The Morgan fingerprint density at radius 3 is 2.35 bits per heavy atom. The highest BCUT2D eigenvalue weighted by Crippen LogP contribution is 2.37. The van der Waals surface area contributed by atoms with Crippen molar-refractivity contribution >= 4 is 17.6 Å². The number of aromatic nitrogens is 2. The number of rotatable bonds is 8. The highest BCUT2D eigenvalue weighted by atomic mass is 19.1. The van der Waals surface area contributed by atoms with Crippen molar-refractivity contribution in [3.8, 4) is 22.7 Å². The molecular weight excluding hydrogens is 485 g/mol. The van der Waals surface area contributed by atoms with E-state index in [0.717, 1.165) is 14.2 Å². The molecule has 0 radical (unpaired) electrons. The van der Waals surface area contributed by atoms with Gasteiger partial charge in [-0.25, -0.2) is 18.7 Å². The SMILES string of the molecule is COC(=O)c1c(-c2cc([N+](=O)[O-])ccc2OCc2cccc(F)c2)nn(-c2ccccc2)c1C(=O)OC. The van der Waals surface area contributed by atoms with Gasteiger partial charge in [0.2, 0.25) is 0 Å². The third-order valence-corrected chi connectivity index (χ3v) is 5.37. The average molecular weight is 505 g/mol. The zero-order valence-corrected chi connectivity index (χ0v) is 19.7. The molecule has 4 rings (SSSR count). The van der Waals surface area contributed by atoms with Crippen LogP contribution < -0.4 is 4.74 Å². The maximum absolute atomic E-state index is 13.6. The number of nitro groups is 1. The Bertz CT molecular complexity index is 1490. The molecular formula is C26H20FN3O7. The van der Waals surface area contributed by atoms with Crippen molar-refractivity contribution in [2.24, 2.45) is 0 Å². The fourth-order valence-corrected chi connectivity index (χ4v) is 3.67. The summed E-state index contributed by atoms with van der Waals surface area (Å²) in [5, 5.41) is 16.0. The lowest BCUT2D eigenvalue weighted by Crippen LogP contribution is -2.15. The number of non-ortho nitro benzene ring substituents is 1. The molecule has 0 bridgehead atoms. The first-order valence-corrected chi connectivity index (χ1v) is 10.8. The predicted molar refractivity (Wildman–Crippen MR) is 129 cm³/mol. The number of nitrogens with zero attached hydrogens (tertiary/aromatic N) is 3. The average Bonchev–Trinajstić information content (AvgIpc) is 3.32. The molecule has 37 heavy (non-hydrogen) atoms. The second-order valence-corrected chi connectivity index (χ2v) is 7.66. The van der Waals surface area contributed by atoms with E-state index in [-0.39, 0.29) is 40.6 Å². The fourth-order valence-electron chi connectivity index (χ4n) is 3.67. The van der Waals surface area contributed by atoms with Gasteiger partial charge in [-0.1, -0.05) is 30.3 Å². The molecule has 10 nitrogen and oxygen atoms in total. The fraction of sp³-hybridized carbons (Fsp3) is 0.115. The van der Waals surface area contributed by atoms with Crippen LogP contribution >= 0.6 is 0 Å². The van der Waals surface area contributed by atoms with Crippen LogP contribution in [-0.2, 0) is 16.1 Å². The largest absolute Gasteiger partial charge is 0.488 e. The maximum atomic E-state index is 13.6. The normalized spacial score (nSPS) is 10.6. The van der Waals surface area contributed by atoms with Crippen molar-refractivity contribution in [2.75, 3.05) is 14.2 Å². The van der Waals surface area contributed by atoms with Gasteiger partial charge in [-0.15, -0.1) is 0 Å². The number of ether oxygens (including phenoxy) is 3. The molecule has 0 N–H and O–H groups in total. The molecule has 0 aliphatic carbocycles. The van der Waals surface area contributed by atoms with E-state index in [4.69, 9.17) is 14.2 Å². The molecule has 1 aromatic heterocycles. The van der Waals surface area contributed by atoms with Crippen LogP contribution in [0.25, 0.3) is 16.9 Å². The van der Waals surface area contributed by atoms with E-state index in [0.29, 0.717) is 11.3 Å². The molecule has 0 aliphatic rings. The van der Waals surface area contributed by atoms with E-state index in [2.05, 4.69) is 5.10 Å². The standard InChI is InChI=1S/C26H20FN3O7/c1-35-25(31)22-23(28-29(24(22)26(32)36-2)18-9-4-3-5-10-18)20-14-19(30(33)34)11-12-21(20)37-15-16-7-6-8-17(27)13-16/h3-14H,15H2,1-2H3. The minimum absolute atomic E-state index is 0.0471. The number of esters is 2. The smallest absolute Gasteiger partial charge is 0.357 e. The molecule has 4 aromatic rings. The van der Waals surface area contributed by atoms with Gasteiger partial charge >= 0.3 is 11.9 Å². The highest BCUT2D eigenvalue weighted by Gasteiger charge is 2.33. The molecule has 0 amide bonds. The van der Waals surface area contributed by atoms with Crippen LogP contribution in [0.2, 0.25) is 0 Å². The summed E-state index contributed by atoms with van der Waals surface area (Å²) in [7, 11) is 2.27. The quantitative estimate of drug-likeness (QED) is 0.191. The Morgan fingerprint density at radius 2 is 1.70 bits per heavy atom. The lowest BCUT2D eigenvalue weighted by molar-refractivity contribution is -0.384. The number of hydrogen-bond acceptors (Lipinski definition) is 8. The number of benzene rings is 3. The molecule has 0 unspecified atom stereocenters. The van der Waals surface area contributed by atoms with Gasteiger partial charge in [0, 0.05) is 12.1 Å². The minimum atomic E-state index is -0.917. The van der Waals surface area contributed by atoms with Gasteiger partial charge in [-0.2, -0.15) is 5.10 Å². The summed E-state index contributed by atoms with van der Waals surface area (Å²) >= 11 is 0. The number of nitro benzene ring substituents is 1. The first-order valence-electron chi connectivity index (χ1n) is 10.8. The van der Waals surface area contributed by atoms with Crippen LogP contribution in [0.3, 0.4) is 0 Å². The first-order chi connectivity index (χ1) is 17.8. The predicted octanol–water partition coefficient (Wildman–Crippen LogP) is 4.74. The van der Waals surface area contributed by atoms with E-state index in [1.807, 2.05) is 0 Å². The molecule has 0 fully saturated rings. The monoisotopic (exact) mass is 505 g/mol. The van der Waals surface area contributed by atoms with Gasteiger partial charge in [0.15, 0.2) is 5.69 Å². The van der Waals surface area contributed by atoms with Crippen molar-refractivity contribution in [1.29, 1.82) is 0 Å². The van der Waals surface area contributed by atoms with Crippen LogP contribution in [0.4, 0.5) is 10.1 Å². The molecule has 0 spiro atoms. The van der Waals surface area contributed by atoms with E-state index in [1.165, 1.54) is 41.1 Å². The minimum Gasteiger partial charge on any atom is -0.488 e. The summed E-state index contributed by atoms with van der Waals surface area (Å²) in [6, 6.07) is 17.9. The van der Waals surface area contributed by atoms with Gasteiger partial charge in [0.25, 0.3) is 5.69 Å². The second kappa shape index (κ2) is 10.7. The van der Waals surface area contributed by atoms with Gasteiger partial charge in [-0.05, 0) is 35.9 Å². The Labute approximate surface area is 210 Å². The Hall–Kier alpha value is -5.06. The number of hydrogen-bond donors (Lipinski definition) is 0. The third kappa shape index (κ3) is 5.15. The number of carbonyl (C=O) groups is 2. The number of para-hydroxylation sites is 1. The van der Waals surface area contributed by atoms with Crippen molar-refractivity contribution in [2.45, 2.75) is 6.61 Å². The lowest BCUT2D eigenvalue weighted by Gasteiger charge is -2.11. The number of carbonyl (C=O) groups excluding carboxylic acids is 2. The summed E-state index contributed by atoms with van der Waals surface area (Å²) in [6.45, 7) is -0.0839. The van der Waals surface area contributed by atoms with Crippen molar-refractivity contribution in [1.82, 2.24) is 9.78 Å². The molecule has 1 heterocycles. The number of methoxy groups -OCH3 is 2. The van der Waals surface area contributed by atoms with Gasteiger partial charge in [0.1, 0.15) is 29.4 Å². The molecule has 11 heteroatoms. The van der Waals surface area contributed by atoms with E-state index in [1.54, 1.807) is 36.4 Å². The molecule has 0 saturated carbocycles. The molecule has 0 atom stereocenters. The van der Waals surface area contributed by atoms with Crippen molar-refractivity contribution < 1.29 is 33.1 Å². The highest BCUT2D eigenvalue weighted by molar-refractivity contribution is 6.07. The van der Waals surface area contributed by atoms with Crippen LogP contribution in [0.1, 0.15) is 26.4 Å². The zero-order valence-electron chi connectivity index (χ0n) is 19.7. The molecule has 0 saturated heterocycles. The first kappa shape index (κ1) is 25.0. The van der Waals surface area contributed by atoms with Gasteiger partial charge < -0.3 is 14.2 Å². The molecule has 188 valence electrons. The maximum Gasteiger partial charge on any atom is 0.357 e. The Morgan fingerprint density at radius 1 is 0.973 bits per heavy atom. The second-order valence-electron chi connectivity index (χ2n) is 7.66. The summed E-state index contributed by atoms with van der Waals surface area (Å²) in [4.78, 5) is 36.7. The van der Waals surface area contributed by atoms with E-state index < -0.39 is 22.7 Å². The Kier molecular flexibility index (Phi) is 7.23. The van der Waals surface area contributed by atoms with Crippen molar-refractivity contribution in [3.63, 3.8) is 0 Å². The molecule has 3 aromatic carbocycles. The summed E-state index contributed by atoms with van der Waals surface area (Å²) < 4.78 is 30.5. The lowest BCUT2D eigenvalue weighted by atomic mass is 10.0. The summed E-state index contributed by atoms with van der Waals surface area (Å²) in [5.74, 6) is -2.15. The van der Waals surface area contributed by atoms with Crippen LogP contribution in [0.5, 0.6) is 5.75 Å². The van der Waals surface area contributed by atoms with Gasteiger partial charge in [0.05, 0.1) is 30.4 Å². The molecule has 0 aliphatic heterocycles. The van der Waals surface area contributed by atoms with Crippen molar-refractivity contribution in [3.05, 3.63) is 106 Å². The van der Waals surface area contributed by atoms with Crippen LogP contribution in [-0.4, -0.2) is 40.9 Å².